The highest BCUT2D eigenvalue weighted by Gasteiger charge is 2.27. The summed E-state index contributed by atoms with van der Waals surface area (Å²) >= 11 is 6.33. The summed E-state index contributed by atoms with van der Waals surface area (Å²) in [7, 11) is 1.62. The molecule has 1 aromatic heterocycles. The van der Waals surface area contributed by atoms with Crippen LogP contribution in [0.1, 0.15) is 17.4 Å². The second-order valence-electron chi connectivity index (χ2n) is 9.28. The fourth-order valence-electron chi connectivity index (χ4n) is 4.25. The maximum atomic E-state index is 13.4. The molecule has 2 N–H and O–H groups in total. The Hall–Kier alpha value is -4.93. The maximum Gasteiger partial charge on any atom is 0.238 e. The van der Waals surface area contributed by atoms with Crippen molar-refractivity contribution in [2.24, 2.45) is 0 Å². The number of aromatic nitrogens is 4. The van der Waals surface area contributed by atoms with Crippen LogP contribution in [-0.4, -0.2) is 51.7 Å². The normalized spacial score (nSPS) is 11.6. The van der Waals surface area contributed by atoms with E-state index in [1.165, 1.54) is 0 Å². The summed E-state index contributed by atoms with van der Waals surface area (Å²) in [5.41, 5.74) is 1.59. The number of hydrogen-bond acceptors (Lipinski definition) is 8. The fourth-order valence-corrected chi connectivity index (χ4v) is 4.44. The molecular formula is C31H29ClN6O4. The molecule has 1 amide bonds. The number of benzene rings is 4. The minimum Gasteiger partial charge on any atom is -0.497 e. The third-order valence-corrected chi connectivity index (χ3v) is 6.67. The van der Waals surface area contributed by atoms with Crippen LogP contribution in [0.25, 0.3) is 0 Å². The zero-order chi connectivity index (χ0) is 29.1. The number of amides is 1. The Labute approximate surface area is 248 Å². The van der Waals surface area contributed by atoms with E-state index in [1.54, 1.807) is 43.5 Å². The minimum absolute atomic E-state index is 0.0194. The molecule has 10 nitrogen and oxygen atoms in total. The van der Waals surface area contributed by atoms with Gasteiger partial charge in [-0.25, -0.2) is 5.10 Å². The summed E-state index contributed by atoms with van der Waals surface area (Å²) in [6.45, 7) is 0.555. The molecule has 214 valence electrons. The molecule has 5 aromatic rings. The Morgan fingerprint density at radius 1 is 0.905 bits per heavy atom. The Morgan fingerprint density at radius 3 is 2.29 bits per heavy atom. The van der Waals surface area contributed by atoms with Gasteiger partial charge in [-0.15, -0.1) is 5.10 Å². The summed E-state index contributed by atoms with van der Waals surface area (Å²) in [5, 5.41) is 17.9. The molecule has 1 atom stereocenters. The Balaban J connectivity index is 1.33. The second-order valence-corrected chi connectivity index (χ2v) is 9.69. The largest absolute Gasteiger partial charge is 0.497 e. The van der Waals surface area contributed by atoms with Crippen molar-refractivity contribution in [2.45, 2.75) is 12.6 Å². The first kappa shape index (κ1) is 28.6. The number of carbonyl (C=O) groups excluding carboxylic acids is 1. The third-order valence-electron chi connectivity index (χ3n) is 6.36. The average molecular weight is 585 g/mol. The topological polar surface area (TPSA) is 114 Å². The van der Waals surface area contributed by atoms with Crippen molar-refractivity contribution in [3.8, 4) is 23.0 Å². The lowest BCUT2D eigenvalue weighted by atomic mass is 10.1. The zero-order valence-electron chi connectivity index (χ0n) is 22.8. The van der Waals surface area contributed by atoms with Crippen LogP contribution < -0.4 is 19.5 Å². The molecule has 0 aliphatic carbocycles. The van der Waals surface area contributed by atoms with E-state index < -0.39 is 6.04 Å². The number of ether oxygens (including phenoxy) is 3. The first-order chi connectivity index (χ1) is 20.6. The first-order valence-corrected chi connectivity index (χ1v) is 13.6. The monoisotopic (exact) mass is 584 g/mol. The Bertz CT molecular complexity index is 1550. The maximum absolute atomic E-state index is 13.4. The van der Waals surface area contributed by atoms with Gasteiger partial charge in [-0.3, -0.25) is 9.69 Å². The van der Waals surface area contributed by atoms with E-state index in [1.807, 2.05) is 71.6 Å². The van der Waals surface area contributed by atoms with Crippen molar-refractivity contribution in [2.75, 3.05) is 25.6 Å². The molecule has 11 heteroatoms. The van der Waals surface area contributed by atoms with E-state index in [0.717, 1.165) is 17.1 Å². The average Bonchev–Trinajstić information content (AvgIpc) is 3.55. The first-order valence-electron chi connectivity index (χ1n) is 13.2. The standard InChI is InChI=1S/C31H29ClN6O4/c1-40-24-15-11-22(12-16-24)19-38(28(31-34-36-37-35-31)21-41-29-10-6-5-9-27(29)32)20-30(39)33-23-13-17-26(18-14-23)42-25-7-3-2-4-8-25/h2-18,28H,19-21H2,1H3,(H,33,39)(H,34,35,36,37). The number of para-hydroxylation sites is 2. The number of methoxy groups -OCH3 is 1. The van der Waals surface area contributed by atoms with E-state index >= 15 is 0 Å². The molecule has 0 aliphatic rings. The van der Waals surface area contributed by atoms with Gasteiger partial charge in [-0.2, -0.15) is 0 Å². The van der Waals surface area contributed by atoms with E-state index in [9.17, 15) is 4.79 Å². The van der Waals surface area contributed by atoms with Crippen LogP contribution in [0.4, 0.5) is 5.69 Å². The molecule has 0 bridgehead atoms. The van der Waals surface area contributed by atoms with Crippen LogP contribution in [0.5, 0.6) is 23.0 Å². The molecule has 5 rings (SSSR count). The number of anilines is 1. The Morgan fingerprint density at radius 2 is 1.60 bits per heavy atom. The lowest BCUT2D eigenvalue weighted by Gasteiger charge is -2.29. The van der Waals surface area contributed by atoms with E-state index in [4.69, 9.17) is 25.8 Å². The van der Waals surface area contributed by atoms with Gasteiger partial charge in [0.05, 0.1) is 18.7 Å². The van der Waals surface area contributed by atoms with Crippen LogP contribution in [0, 0.1) is 0 Å². The van der Waals surface area contributed by atoms with Gasteiger partial charge in [-0.1, -0.05) is 54.1 Å². The highest BCUT2D eigenvalue weighted by molar-refractivity contribution is 6.32. The van der Waals surface area contributed by atoms with E-state index in [2.05, 4.69) is 25.9 Å². The summed E-state index contributed by atoms with van der Waals surface area (Å²) in [6.07, 6.45) is 0. The molecule has 0 saturated carbocycles. The van der Waals surface area contributed by atoms with E-state index in [0.29, 0.717) is 34.6 Å². The third kappa shape index (κ3) is 7.84. The minimum atomic E-state index is -0.509. The summed E-state index contributed by atoms with van der Waals surface area (Å²) < 4.78 is 17.2. The summed E-state index contributed by atoms with van der Waals surface area (Å²) in [6, 6.07) is 31.0. The number of carbonyl (C=O) groups is 1. The van der Waals surface area contributed by atoms with Gasteiger partial charge in [0.25, 0.3) is 0 Å². The number of rotatable bonds is 13. The molecule has 0 fully saturated rings. The summed E-state index contributed by atoms with van der Waals surface area (Å²) in [5.74, 6) is 2.87. The number of H-pyrrole nitrogens is 1. The number of halogens is 1. The van der Waals surface area contributed by atoms with Crippen LogP contribution in [0.3, 0.4) is 0 Å². The zero-order valence-corrected chi connectivity index (χ0v) is 23.6. The number of hydrogen-bond donors (Lipinski definition) is 2. The molecule has 0 aliphatic heterocycles. The predicted molar refractivity (Wildman–Crippen MR) is 159 cm³/mol. The number of aromatic amines is 1. The van der Waals surface area contributed by atoms with Crippen LogP contribution in [-0.2, 0) is 11.3 Å². The lowest BCUT2D eigenvalue weighted by molar-refractivity contribution is -0.118. The molecule has 0 saturated heterocycles. The summed E-state index contributed by atoms with van der Waals surface area (Å²) in [4.78, 5) is 15.3. The number of nitrogens with one attached hydrogen (secondary N) is 2. The van der Waals surface area contributed by atoms with Gasteiger partial charge < -0.3 is 19.5 Å². The Kier molecular flexibility index (Phi) is 9.61. The predicted octanol–water partition coefficient (Wildman–Crippen LogP) is 5.92. The van der Waals surface area contributed by atoms with Crippen molar-refractivity contribution in [3.63, 3.8) is 0 Å². The van der Waals surface area contributed by atoms with Gasteiger partial charge in [0.15, 0.2) is 5.82 Å². The van der Waals surface area contributed by atoms with Crippen LogP contribution >= 0.6 is 11.6 Å². The van der Waals surface area contributed by atoms with Gasteiger partial charge in [0.2, 0.25) is 5.91 Å². The molecule has 1 unspecified atom stereocenters. The number of nitrogens with zero attached hydrogens (tertiary/aromatic N) is 4. The highest BCUT2D eigenvalue weighted by atomic mass is 35.5. The highest BCUT2D eigenvalue weighted by Crippen LogP contribution is 2.27. The number of tetrazole rings is 1. The van der Waals surface area contributed by atoms with Gasteiger partial charge in [0.1, 0.15) is 35.6 Å². The van der Waals surface area contributed by atoms with Crippen molar-refractivity contribution >= 4 is 23.2 Å². The van der Waals surface area contributed by atoms with E-state index in [-0.39, 0.29) is 19.1 Å². The molecule has 0 radical (unpaired) electrons. The SMILES string of the molecule is COc1ccc(CN(CC(=O)Nc2ccc(Oc3ccccc3)cc2)C(COc2ccccc2Cl)c2nnn[nH]2)cc1. The van der Waals surface area contributed by atoms with Crippen LogP contribution in [0.15, 0.2) is 103 Å². The van der Waals surface area contributed by atoms with Crippen molar-refractivity contribution < 1.29 is 19.0 Å². The van der Waals surface area contributed by atoms with Gasteiger partial charge in [-0.05, 0) is 76.7 Å². The van der Waals surface area contributed by atoms with Crippen molar-refractivity contribution in [3.05, 3.63) is 120 Å². The molecular weight excluding hydrogens is 556 g/mol. The van der Waals surface area contributed by atoms with Gasteiger partial charge in [0, 0.05) is 12.2 Å². The van der Waals surface area contributed by atoms with Crippen molar-refractivity contribution in [1.82, 2.24) is 25.5 Å². The van der Waals surface area contributed by atoms with Crippen LogP contribution in [0.2, 0.25) is 5.02 Å². The molecule has 4 aromatic carbocycles. The smallest absolute Gasteiger partial charge is 0.238 e. The van der Waals surface area contributed by atoms with Crippen molar-refractivity contribution in [1.29, 1.82) is 0 Å². The molecule has 1 heterocycles. The van der Waals surface area contributed by atoms with Gasteiger partial charge >= 0.3 is 0 Å². The quantitative estimate of drug-likeness (QED) is 0.175. The molecule has 42 heavy (non-hydrogen) atoms. The molecule has 0 spiro atoms. The second kappa shape index (κ2) is 14.1. The fraction of sp³-hybridized carbons (Fsp3) is 0.161. The lowest BCUT2D eigenvalue weighted by Crippen LogP contribution is -2.39.